The molecule has 30 heavy (non-hydrogen) atoms. The highest BCUT2D eigenvalue weighted by Gasteiger charge is 2.18. The van der Waals surface area contributed by atoms with Crippen LogP contribution in [0.2, 0.25) is 0 Å². The van der Waals surface area contributed by atoms with Gasteiger partial charge in [-0.2, -0.15) is 0 Å². The summed E-state index contributed by atoms with van der Waals surface area (Å²) in [5.41, 5.74) is 5.56. The lowest BCUT2D eigenvalue weighted by Gasteiger charge is -2.37. The minimum Gasteiger partial charge on any atom is -0.369 e. The number of halogens is 1. The van der Waals surface area contributed by atoms with Gasteiger partial charge in [0.25, 0.3) is 0 Å². The Morgan fingerprint density at radius 1 is 0.933 bits per heavy atom. The molecular formula is C24H30FN5. The highest BCUT2D eigenvalue weighted by molar-refractivity contribution is 5.57. The average molecular weight is 408 g/mol. The topological polar surface area (TPSA) is 37.2 Å². The standard InChI is InChI=1S/C24H30FN5/c1-19-8-9-20(2)24(16-19)29-14-12-28(13-15-29)10-3-4-11-30-18-23(26-27-30)21-6-5-7-22(25)17-21/h5-9,16-18H,3-4,10-15H2,1-2H3. The molecule has 1 aromatic heterocycles. The van der Waals surface area contributed by atoms with Crippen molar-refractivity contribution in [2.45, 2.75) is 33.2 Å². The average Bonchev–Trinajstić information content (AvgIpc) is 3.23. The van der Waals surface area contributed by atoms with Crippen molar-refractivity contribution in [3.8, 4) is 11.3 Å². The predicted molar refractivity (Wildman–Crippen MR) is 119 cm³/mol. The van der Waals surface area contributed by atoms with Crippen molar-refractivity contribution in [2.75, 3.05) is 37.6 Å². The van der Waals surface area contributed by atoms with Crippen LogP contribution in [-0.4, -0.2) is 52.6 Å². The lowest BCUT2D eigenvalue weighted by molar-refractivity contribution is 0.250. The smallest absolute Gasteiger partial charge is 0.123 e. The van der Waals surface area contributed by atoms with Crippen molar-refractivity contribution in [1.82, 2.24) is 19.9 Å². The zero-order chi connectivity index (χ0) is 20.9. The summed E-state index contributed by atoms with van der Waals surface area (Å²) in [5, 5.41) is 8.37. The first-order valence-electron chi connectivity index (χ1n) is 10.8. The van der Waals surface area contributed by atoms with E-state index >= 15 is 0 Å². The fourth-order valence-electron chi connectivity index (χ4n) is 4.07. The van der Waals surface area contributed by atoms with Crippen molar-refractivity contribution in [3.05, 3.63) is 65.6 Å². The first kappa shape index (κ1) is 20.5. The van der Waals surface area contributed by atoms with Gasteiger partial charge in [0.1, 0.15) is 11.5 Å². The molecule has 1 aliphatic heterocycles. The van der Waals surface area contributed by atoms with Gasteiger partial charge in [0, 0.05) is 44.0 Å². The lowest BCUT2D eigenvalue weighted by atomic mass is 10.1. The molecule has 6 heteroatoms. The predicted octanol–water partition coefficient (Wildman–Crippen LogP) is 4.30. The molecule has 1 aliphatic rings. The Balaban J connectivity index is 1.20. The van der Waals surface area contributed by atoms with Gasteiger partial charge in [-0.3, -0.25) is 9.58 Å². The highest BCUT2D eigenvalue weighted by atomic mass is 19.1. The minimum absolute atomic E-state index is 0.250. The molecule has 1 saturated heterocycles. The molecule has 0 atom stereocenters. The Hall–Kier alpha value is -2.73. The van der Waals surface area contributed by atoms with E-state index in [1.807, 2.05) is 16.9 Å². The van der Waals surface area contributed by atoms with Crippen molar-refractivity contribution < 1.29 is 4.39 Å². The molecule has 0 unspecified atom stereocenters. The maximum absolute atomic E-state index is 13.4. The molecule has 158 valence electrons. The number of nitrogens with zero attached hydrogens (tertiary/aromatic N) is 5. The summed E-state index contributed by atoms with van der Waals surface area (Å²) in [6.45, 7) is 10.7. The molecule has 3 aromatic rings. The second kappa shape index (κ2) is 9.39. The third kappa shape index (κ3) is 5.05. The molecule has 1 fully saturated rings. The monoisotopic (exact) mass is 407 g/mol. The number of anilines is 1. The minimum atomic E-state index is -0.250. The number of aryl methyl sites for hydroxylation is 3. The molecule has 5 nitrogen and oxygen atoms in total. The summed E-state index contributed by atoms with van der Waals surface area (Å²) < 4.78 is 15.2. The van der Waals surface area contributed by atoms with Gasteiger partial charge in [0.05, 0.1) is 6.20 Å². The van der Waals surface area contributed by atoms with Crippen molar-refractivity contribution in [3.63, 3.8) is 0 Å². The van der Waals surface area contributed by atoms with Crippen LogP contribution < -0.4 is 4.90 Å². The molecule has 0 spiro atoms. The van der Waals surface area contributed by atoms with E-state index in [1.165, 1.54) is 28.9 Å². The molecule has 0 aliphatic carbocycles. The van der Waals surface area contributed by atoms with Crippen molar-refractivity contribution >= 4 is 5.69 Å². The SMILES string of the molecule is Cc1ccc(C)c(N2CCN(CCCCn3cc(-c4cccc(F)c4)nn3)CC2)c1. The van der Waals surface area contributed by atoms with E-state index < -0.39 is 0 Å². The number of piperazine rings is 1. The summed E-state index contributed by atoms with van der Waals surface area (Å²) >= 11 is 0. The third-order valence-corrected chi connectivity index (χ3v) is 5.85. The quantitative estimate of drug-likeness (QED) is 0.547. The van der Waals surface area contributed by atoms with Gasteiger partial charge in [-0.1, -0.05) is 29.5 Å². The summed E-state index contributed by atoms with van der Waals surface area (Å²) in [6.07, 6.45) is 4.10. The number of hydrogen-bond acceptors (Lipinski definition) is 4. The first-order valence-corrected chi connectivity index (χ1v) is 10.8. The first-order chi connectivity index (χ1) is 14.6. The van der Waals surface area contributed by atoms with Crippen LogP contribution >= 0.6 is 0 Å². The molecule has 2 heterocycles. The van der Waals surface area contributed by atoms with E-state index in [0.29, 0.717) is 0 Å². The summed E-state index contributed by atoms with van der Waals surface area (Å²) in [6, 6.07) is 13.2. The van der Waals surface area contributed by atoms with Crippen LogP contribution in [0.25, 0.3) is 11.3 Å². The number of unbranched alkanes of at least 4 members (excludes halogenated alkanes) is 1. The van der Waals surface area contributed by atoms with Gasteiger partial charge < -0.3 is 4.90 Å². The van der Waals surface area contributed by atoms with Crippen LogP contribution in [0.15, 0.2) is 48.7 Å². The highest BCUT2D eigenvalue weighted by Crippen LogP contribution is 2.23. The van der Waals surface area contributed by atoms with Crippen LogP contribution in [0.3, 0.4) is 0 Å². The number of aromatic nitrogens is 3. The van der Waals surface area contributed by atoms with Crippen LogP contribution in [0.5, 0.6) is 0 Å². The maximum atomic E-state index is 13.4. The van der Waals surface area contributed by atoms with Gasteiger partial charge in [-0.25, -0.2) is 4.39 Å². The summed E-state index contributed by atoms with van der Waals surface area (Å²) in [5.74, 6) is -0.250. The van der Waals surface area contributed by atoms with Crippen molar-refractivity contribution in [2.24, 2.45) is 0 Å². The largest absolute Gasteiger partial charge is 0.369 e. The molecule has 0 N–H and O–H groups in total. The van der Waals surface area contributed by atoms with Crippen LogP contribution in [0.1, 0.15) is 24.0 Å². The molecular weight excluding hydrogens is 377 g/mol. The molecule has 0 bridgehead atoms. The zero-order valence-electron chi connectivity index (χ0n) is 17.9. The van der Waals surface area contributed by atoms with E-state index in [2.05, 4.69) is 52.2 Å². The van der Waals surface area contributed by atoms with E-state index in [-0.39, 0.29) is 5.82 Å². The lowest BCUT2D eigenvalue weighted by Crippen LogP contribution is -2.46. The Morgan fingerprint density at radius 3 is 2.53 bits per heavy atom. The van der Waals surface area contributed by atoms with Gasteiger partial charge >= 0.3 is 0 Å². The van der Waals surface area contributed by atoms with Crippen molar-refractivity contribution in [1.29, 1.82) is 0 Å². The van der Waals surface area contributed by atoms with Crippen LogP contribution in [-0.2, 0) is 6.54 Å². The second-order valence-corrected chi connectivity index (χ2v) is 8.20. The van der Waals surface area contributed by atoms with Crippen LogP contribution in [0, 0.1) is 19.7 Å². The summed E-state index contributed by atoms with van der Waals surface area (Å²) in [7, 11) is 0. The maximum Gasteiger partial charge on any atom is 0.123 e. The van der Waals surface area contributed by atoms with Gasteiger partial charge in [-0.15, -0.1) is 5.10 Å². The third-order valence-electron chi connectivity index (χ3n) is 5.85. The number of hydrogen-bond donors (Lipinski definition) is 0. The van der Waals surface area contributed by atoms with Crippen LogP contribution in [0.4, 0.5) is 10.1 Å². The molecule has 0 amide bonds. The Kier molecular flexibility index (Phi) is 6.43. The number of rotatable bonds is 7. The van der Waals surface area contributed by atoms with E-state index in [0.717, 1.165) is 63.4 Å². The normalized spacial score (nSPS) is 15.0. The summed E-state index contributed by atoms with van der Waals surface area (Å²) in [4.78, 5) is 5.07. The Bertz CT molecular complexity index is 975. The Morgan fingerprint density at radius 2 is 1.73 bits per heavy atom. The number of benzene rings is 2. The van der Waals surface area contributed by atoms with Gasteiger partial charge in [0.15, 0.2) is 0 Å². The molecule has 0 radical (unpaired) electrons. The Labute approximate surface area is 178 Å². The second-order valence-electron chi connectivity index (χ2n) is 8.20. The molecule has 2 aromatic carbocycles. The van der Waals surface area contributed by atoms with E-state index in [4.69, 9.17) is 0 Å². The van der Waals surface area contributed by atoms with E-state index in [1.54, 1.807) is 6.07 Å². The molecule has 0 saturated carbocycles. The fraction of sp³-hybridized carbons (Fsp3) is 0.417. The van der Waals surface area contributed by atoms with E-state index in [9.17, 15) is 4.39 Å². The van der Waals surface area contributed by atoms with Gasteiger partial charge in [-0.05, 0) is 62.6 Å². The van der Waals surface area contributed by atoms with Gasteiger partial charge in [0.2, 0.25) is 0 Å². The zero-order valence-corrected chi connectivity index (χ0v) is 17.9. The molecule has 4 rings (SSSR count). The fourth-order valence-corrected chi connectivity index (χ4v) is 4.07.